The third kappa shape index (κ3) is 20.5. The van der Waals surface area contributed by atoms with E-state index in [0.717, 1.165) is 12.8 Å². The fourth-order valence-corrected chi connectivity index (χ4v) is 4.96. The molecule has 0 N–H and O–H groups in total. The van der Waals surface area contributed by atoms with Crippen LogP contribution in [0.15, 0.2) is 6.07 Å². The predicted molar refractivity (Wildman–Crippen MR) is 150 cm³/mol. The van der Waals surface area contributed by atoms with Crippen LogP contribution < -0.4 is 0 Å². The maximum Gasteiger partial charge on any atom is 0.198 e. The number of rotatable bonds is 26. The highest BCUT2D eigenvalue weighted by atomic mass is 14.8. The standard InChI is InChI=1S/C32H59N2/c1-3-5-7-9-11-13-15-17-19-21-23-25-27-31-29-32(34-30-33-31)28-26-24-22-20-18-16-14-12-10-8-6-4-2/h29H,3-28H2,1-2H3. The second-order valence-corrected chi connectivity index (χ2v) is 10.7. The third-order valence-electron chi connectivity index (χ3n) is 7.29. The summed E-state index contributed by atoms with van der Waals surface area (Å²) in [6, 6.07) is 2.24. The largest absolute Gasteiger partial charge is 0.230 e. The molecule has 197 valence electrons. The van der Waals surface area contributed by atoms with Crippen LogP contribution in [0.25, 0.3) is 0 Å². The first-order valence-electron chi connectivity index (χ1n) is 15.6. The number of aromatic nitrogens is 2. The Bertz CT molecular complexity index is 484. The van der Waals surface area contributed by atoms with E-state index in [1.807, 2.05) is 0 Å². The second-order valence-electron chi connectivity index (χ2n) is 10.7. The van der Waals surface area contributed by atoms with Crippen molar-refractivity contribution in [3.05, 3.63) is 23.8 Å². The maximum absolute atomic E-state index is 4.40. The Morgan fingerprint density at radius 3 is 0.971 bits per heavy atom. The van der Waals surface area contributed by atoms with Gasteiger partial charge in [0.2, 0.25) is 0 Å². The molecule has 0 amide bonds. The molecule has 0 bridgehead atoms. The molecule has 1 rings (SSSR count). The SMILES string of the molecule is CCCCCCCCCCCCCCc1cc(CCCCCCCCCCCCCC)n[c]n1. The molecule has 0 spiro atoms. The number of unbranched alkanes of at least 4 members (excludes halogenated alkanes) is 22. The van der Waals surface area contributed by atoms with E-state index in [-0.39, 0.29) is 0 Å². The van der Waals surface area contributed by atoms with Gasteiger partial charge < -0.3 is 0 Å². The lowest BCUT2D eigenvalue weighted by molar-refractivity contribution is 0.542. The normalized spacial score (nSPS) is 11.4. The zero-order valence-corrected chi connectivity index (χ0v) is 23.4. The van der Waals surface area contributed by atoms with E-state index in [4.69, 9.17) is 0 Å². The maximum atomic E-state index is 4.40. The first kappa shape index (κ1) is 31.1. The second kappa shape index (κ2) is 25.2. The van der Waals surface area contributed by atoms with Crippen LogP contribution >= 0.6 is 0 Å². The number of aryl methyl sites for hydroxylation is 2. The van der Waals surface area contributed by atoms with Crippen LogP contribution in [0.2, 0.25) is 0 Å². The Kier molecular flexibility index (Phi) is 23.0. The lowest BCUT2D eigenvalue weighted by Gasteiger charge is -2.05. The van der Waals surface area contributed by atoms with Crippen molar-refractivity contribution in [3.8, 4) is 0 Å². The van der Waals surface area contributed by atoms with Crippen LogP contribution in [-0.4, -0.2) is 9.97 Å². The van der Waals surface area contributed by atoms with Gasteiger partial charge >= 0.3 is 0 Å². The summed E-state index contributed by atoms with van der Waals surface area (Å²) in [4.78, 5) is 8.80. The van der Waals surface area contributed by atoms with Gasteiger partial charge in [0.1, 0.15) is 0 Å². The molecule has 0 aliphatic rings. The fraction of sp³-hybridized carbons (Fsp3) is 0.875. The number of hydrogen-bond acceptors (Lipinski definition) is 2. The van der Waals surface area contributed by atoms with E-state index in [2.05, 4.69) is 36.2 Å². The van der Waals surface area contributed by atoms with Crippen LogP contribution in [0.4, 0.5) is 0 Å². The monoisotopic (exact) mass is 471 g/mol. The molecule has 1 heterocycles. The van der Waals surface area contributed by atoms with E-state index in [9.17, 15) is 0 Å². The van der Waals surface area contributed by atoms with Crippen LogP contribution in [0.3, 0.4) is 0 Å². The Morgan fingerprint density at radius 1 is 0.412 bits per heavy atom. The van der Waals surface area contributed by atoms with Gasteiger partial charge in [-0.05, 0) is 31.7 Å². The van der Waals surface area contributed by atoms with Crippen molar-refractivity contribution in [3.63, 3.8) is 0 Å². The molecule has 0 aliphatic heterocycles. The summed E-state index contributed by atoms with van der Waals surface area (Å²) in [7, 11) is 0. The summed E-state index contributed by atoms with van der Waals surface area (Å²) in [6.07, 6.45) is 38.8. The summed E-state index contributed by atoms with van der Waals surface area (Å²) >= 11 is 0. The quantitative estimate of drug-likeness (QED) is 0.126. The summed E-state index contributed by atoms with van der Waals surface area (Å²) in [6.45, 7) is 4.59. The van der Waals surface area contributed by atoms with E-state index >= 15 is 0 Å². The molecular weight excluding hydrogens is 412 g/mol. The van der Waals surface area contributed by atoms with Crippen molar-refractivity contribution in [2.24, 2.45) is 0 Å². The van der Waals surface area contributed by atoms with Crippen molar-refractivity contribution in [1.29, 1.82) is 0 Å². The molecule has 0 aromatic carbocycles. The average molecular weight is 472 g/mol. The minimum Gasteiger partial charge on any atom is -0.230 e. The molecule has 0 unspecified atom stereocenters. The van der Waals surface area contributed by atoms with Gasteiger partial charge in [-0.25, -0.2) is 9.97 Å². The van der Waals surface area contributed by atoms with Crippen LogP contribution in [0.1, 0.15) is 179 Å². The molecule has 0 aliphatic carbocycles. The molecule has 0 saturated heterocycles. The van der Waals surface area contributed by atoms with Gasteiger partial charge in [0, 0.05) is 11.4 Å². The zero-order valence-electron chi connectivity index (χ0n) is 23.4. The van der Waals surface area contributed by atoms with E-state index in [1.165, 1.54) is 165 Å². The molecule has 1 aromatic rings. The zero-order chi connectivity index (χ0) is 24.4. The summed E-state index contributed by atoms with van der Waals surface area (Å²) in [5, 5.41) is 0. The first-order valence-corrected chi connectivity index (χ1v) is 15.6. The Balaban J connectivity index is 1.91. The van der Waals surface area contributed by atoms with Crippen LogP contribution in [0, 0.1) is 6.33 Å². The summed E-state index contributed by atoms with van der Waals surface area (Å²) in [5.41, 5.74) is 2.41. The first-order chi connectivity index (χ1) is 16.9. The number of nitrogens with zero attached hydrogens (tertiary/aromatic N) is 2. The number of hydrogen-bond donors (Lipinski definition) is 0. The average Bonchev–Trinajstić information content (AvgIpc) is 2.85. The highest BCUT2D eigenvalue weighted by Crippen LogP contribution is 2.15. The van der Waals surface area contributed by atoms with Gasteiger partial charge in [0.25, 0.3) is 0 Å². The van der Waals surface area contributed by atoms with E-state index in [1.54, 1.807) is 0 Å². The minimum absolute atomic E-state index is 1.10. The van der Waals surface area contributed by atoms with Crippen molar-refractivity contribution in [2.75, 3.05) is 0 Å². The van der Waals surface area contributed by atoms with Crippen molar-refractivity contribution in [2.45, 2.75) is 181 Å². The molecule has 1 radical (unpaired) electrons. The Morgan fingerprint density at radius 2 is 0.676 bits per heavy atom. The smallest absolute Gasteiger partial charge is 0.198 e. The van der Waals surface area contributed by atoms with E-state index < -0.39 is 0 Å². The lowest BCUT2D eigenvalue weighted by atomic mass is 10.0. The fourth-order valence-electron chi connectivity index (χ4n) is 4.96. The van der Waals surface area contributed by atoms with Gasteiger partial charge in [-0.15, -0.1) is 0 Å². The predicted octanol–water partition coefficient (Wildman–Crippen LogP) is 10.8. The minimum atomic E-state index is 1.10. The summed E-state index contributed by atoms with van der Waals surface area (Å²) in [5.74, 6) is 0. The molecule has 34 heavy (non-hydrogen) atoms. The molecule has 0 saturated carbocycles. The molecule has 2 nitrogen and oxygen atoms in total. The molecule has 2 heteroatoms. The molecular formula is C32H59N2. The third-order valence-corrected chi connectivity index (χ3v) is 7.29. The van der Waals surface area contributed by atoms with Gasteiger partial charge in [-0.3, -0.25) is 0 Å². The van der Waals surface area contributed by atoms with Gasteiger partial charge in [-0.1, -0.05) is 155 Å². The topological polar surface area (TPSA) is 25.8 Å². The summed E-state index contributed by atoms with van der Waals surface area (Å²) < 4.78 is 0. The van der Waals surface area contributed by atoms with Gasteiger partial charge in [0.15, 0.2) is 6.33 Å². The molecule has 1 aromatic heterocycles. The van der Waals surface area contributed by atoms with Crippen LogP contribution in [-0.2, 0) is 12.8 Å². The van der Waals surface area contributed by atoms with E-state index in [0.29, 0.717) is 0 Å². The van der Waals surface area contributed by atoms with Gasteiger partial charge in [-0.2, -0.15) is 0 Å². The lowest BCUT2D eigenvalue weighted by Crippen LogP contribution is -1.97. The molecule has 0 atom stereocenters. The Hall–Kier alpha value is -0.920. The van der Waals surface area contributed by atoms with Crippen molar-refractivity contribution < 1.29 is 0 Å². The highest BCUT2D eigenvalue weighted by Gasteiger charge is 2.01. The highest BCUT2D eigenvalue weighted by molar-refractivity contribution is 5.08. The van der Waals surface area contributed by atoms with Gasteiger partial charge in [0.05, 0.1) is 0 Å². The van der Waals surface area contributed by atoms with Crippen molar-refractivity contribution in [1.82, 2.24) is 9.97 Å². The van der Waals surface area contributed by atoms with Crippen LogP contribution in [0.5, 0.6) is 0 Å². The Labute approximate surface area is 214 Å². The molecule has 0 fully saturated rings. The van der Waals surface area contributed by atoms with Crippen molar-refractivity contribution >= 4 is 0 Å².